The number of aliphatic hydroxyl groups is 1. The Bertz CT molecular complexity index is 721. The normalized spacial score (nSPS) is 11.7. The minimum Gasteiger partial charge on any atom is -0.386 e. The van der Waals surface area contributed by atoms with Crippen LogP contribution in [0, 0.1) is 13.8 Å². The lowest BCUT2D eigenvalue weighted by atomic mass is 9.98. The molecule has 1 heterocycles. The van der Waals surface area contributed by atoms with Crippen molar-refractivity contribution in [1.29, 1.82) is 0 Å². The standard InChI is InChI=1S/C18H23NO2/c1-6-19-16(14-8-7-12(2)13(3)11-14)10-9-15(17(19)20)18(4,5)21/h7-11,21H,6H2,1-5H3. The Morgan fingerprint density at radius 3 is 2.29 bits per heavy atom. The van der Waals surface area contributed by atoms with Crippen molar-refractivity contribution in [2.24, 2.45) is 0 Å². The lowest BCUT2D eigenvalue weighted by molar-refractivity contribution is 0.0765. The molecule has 0 aliphatic heterocycles. The van der Waals surface area contributed by atoms with Crippen LogP contribution in [0.2, 0.25) is 0 Å². The van der Waals surface area contributed by atoms with Gasteiger partial charge in [-0.2, -0.15) is 0 Å². The highest BCUT2D eigenvalue weighted by Crippen LogP contribution is 2.24. The third kappa shape index (κ3) is 2.93. The highest BCUT2D eigenvalue weighted by atomic mass is 16.3. The summed E-state index contributed by atoms with van der Waals surface area (Å²) in [6.45, 7) is 9.94. The van der Waals surface area contributed by atoms with Crippen LogP contribution in [0.5, 0.6) is 0 Å². The van der Waals surface area contributed by atoms with Gasteiger partial charge in [-0.25, -0.2) is 0 Å². The van der Waals surface area contributed by atoms with Gasteiger partial charge in [0.05, 0.1) is 11.3 Å². The Balaban J connectivity index is 2.68. The lowest BCUT2D eigenvalue weighted by Gasteiger charge is -2.20. The summed E-state index contributed by atoms with van der Waals surface area (Å²) in [4.78, 5) is 12.6. The Morgan fingerprint density at radius 2 is 1.76 bits per heavy atom. The van der Waals surface area contributed by atoms with Gasteiger partial charge in [0, 0.05) is 12.1 Å². The van der Waals surface area contributed by atoms with Gasteiger partial charge in [-0.05, 0) is 69.5 Å². The predicted molar refractivity (Wildman–Crippen MR) is 86.5 cm³/mol. The fraction of sp³-hybridized carbons (Fsp3) is 0.389. The molecule has 1 aromatic carbocycles. The van der Waals surface area contributed by atoms with E-state index in [-0.39, 0.29) is 5.56 Å². The number of aromatic nitrogens is 1. The molecule has 0 aliphatic rings. The third-order valence-electron chi connectivity index (χ3n) is 3.95. The predicted octanol–water partition coefficient (Wildman–Crippen LogP) is 3.38. The molecular weight excluding hydrogens is 262 g/mol. The minimum absolute atomic E-state index is 0.124. The molecule has 3 heteroatoms. The number of aryl methyl sites for hydroxylation is 2. The second-order valence-corrected chi connectivity index (χ2v) is 6.04. The highest BCUT2D eigenvalue weighted by Gasteiger charge is 2.22. The van der Waals surface area contributed by atoms with Crippen molar-refractivity contribution in [3.05, 3.63) is 57.4 Å². The van der Waals surface area contributed by atoms with Crippen molar-refractivity contribution in [2.75, 3.05) is 0 Å². The number of rotatable bonds is 3. The largest absolute Gasteiger partial charge is 0.386 e. The first-order chi connectivity index (χ1) is 9.75. The molecule has 0 radical (unpaired) electrons. The molecule has 0 bridgehead atoms. The maximum absolute atomic E-state index is 12.6. The van der Waals surface area contributed by atoms with Crippen molar-refractivity contribution in [3.8, 4) is 11.3 Å². The number of benzene rings is 1. The minimum atomic E-state index is -1.13. The van der Waals surface area contributed by atoms with Crippen molar-refractivity contribution >= 4 is 0 Å². The van der Waals surface area contributed by atoms with E-state index in [1.165, 1.54) is 11.1 Å². The number of hydrogen-bond donors (Lipinski definition) is 1. The first-order valence-electron chi connectivity index (χ1n) is 7.30. The number of pyridine rings is 1. The average Bonchev–Trinajstić information content (AvgIpc) is 2.40. The molecular formula is C18H23NO2. The van der Waals surface area contributed by atoms with Crippen LogP contribution in [-0.4, -0.2) is 9.67 Å². The highest BCUT2D eigenvalue weighted by molar-refractivity contribution is 5.62. The molecule has 0 fully saturated rings. The summed E-state index contributed by atoms with van der Waals surface area (Å²) in [7, 11) is 0. The van der Waals surface area contributed by atoms with Crippen LogP contribution >= 0.6 is 0 Å². The first-order valence-corrected chi connectivity index (χ1v) is 7.30. The molecule has 2 aromatic rings. The van der Waals surface area contributed by atoms with Crippen LogP contribution in [0.25, 0.3) is 11.3 Å². The average molecular weight is 285 g/mol. The first kappa shape index (κ1) is 15.5. The van der Waals surface area contributed by atoms with E-state index in [2.05, 4.69) is 26.0 Å². The summed E-state index contributed by atoms with van der Waals surface area (Å²) in [6, 6.07) is 9.85. The molecule has 0 amide bonds. The smallest absolute Gasteiger partial charge is 0.257 e. The number of hydrogen-bond acceptors (Lipinski definition) is 2. The second kappa shape index (κ2) is 5.49. The van der Waals surface area contributed by atoms with E-state index in [0.717, 1.165) is 11.3 Å². The Hall–Kier alpha value is -1.87. The van der Waals surface area contributed by atoms with Crippen LogP contribution in [0.15, 0.2) is 35.1 Å². The molecule has 112 valence electrons. The van der Waals surface area contributed by atoms with Gasteiger partial charge in [-0.3, -0.25) is 4.79 Å². The van der Waals surface area contributed by atoms with Crippen molar-refractivity contribution in [1.82, 2.24) is 4.57 Å². The quantitative estimate of drug-likeness (QED) is 0.939. The fourth-order valence-electron chi connectivity index (χ4n) is 2.51. The summed E-state index contributed by atoms with van der Waals surface area (Å²) in [6.07, 6.45) is 0. The Morgan fingerprint density at radius 1 is 1.10 bits per heavy atom. The molecule has 3 nitrogen and oxygen atoms in total. The maximum Gasteiger partial charge on any atom is 0.257 e. The molecule has 2 rings (SSSR count). The number of nitrogens with zero attached hydrogens (tertiary/aromatic N) is 1. The van der Waals surface area contributed by atoms with Gasteiger partial charge in [-0.15, -0.1) is 0 Å². The zero-order chi connectivity index (χ0) is 15.8. The Labute approximate surface area is 125 Å². The van der Waals surface area contributed by atoms with Crippen LogP contribution in [0.1, 0.15) is 37.5 Å². The monoisotopic (exact) mass is 285 g/mol. The molecule has 21 heavy (non-hydrogen) atoms. The van der Waals surface area contributed by atoms with Gasteiger partial charge in [0.25, 0.3) is 5.56 Å². The van der Waals surface area contributed by atoms with Gasteiger partial charge in [0.15, 0.2) is 0 Å². The van der Waals surface area contributed by atoms with E-state index in [1.807, 2.05) is 19.1 Å². The van der Waals surface area contributed by atoms with E-state index >= 15 is 0 Å². The van der Waals surface area contributed by atoms with E-state index in [1.54, 1.807) is 24.5 Å². The zero-order valence-corrected chi connectivity index (χ0v) is 13.4. The molecule has 0 aliphatic carbocycles. The van der Waals surface area contributed by atoms with E-state index in [4.69, 9.17) is 0 Å². The van der Waals surface area contributed by atoms with E-state index in [9.17, 15) is 9.90 Å². The summed E-state index contributed by atoms with van der Waals surface area (Å²) < 4.78 is 1.72. The topological polar surface area (TPSA) is 42.2 Å². The molecule has 0 saturated heterocycles. The van der Waals surface area contributed by atoms with Crippen LogP contribution in [-0.2, 0) is 12.1 Å². The third-order valence-corrected chi connectivity index (χ3v) is 3.95. The molecule has 1 N–H and O–H groups in total. The molecule has 0 saturated carbocycles. The summed E-state index contributed by atoms with van der Waals surface area (Å²) in [5.41, 5.74) is 3.53. The molecule has 0 unspecified atom stereocenters. The van der Waals surface area contributed by atoms with Crippen molar-refractivity contribution < 1.29 is 5.11 Å². The van der Waals surface area contributed by atoms with Gasteiger partial charge < -0.3 is 9.67 Å². The van der Waals surface area contributed by atoms with Gasteiger partial charge in [0.2, 0.25) is 0 Å². The zero-order valence-electron chi connectivity index (χ0n) is 13.4. The van der Waals surface area contributed by atoms with Gasteiger partial charge in [-0.1, -0.05) is 12.1 Å². The second-order valence-electron chi connectivity index (χ2n) is 6.04. The summed E-state index contributed by atoms with van der Waals surface area (Å²) in [5, 5.41) is 10.1. The molecule has 0 atom stereocenters. The molecule has 0 spiro atoms. The van der Waals surface area contributed by atoms with Crippen LogP contribution < -0.4 is 5.56 Å². The molecule has 1 aromatic heterocycles. The van der Waals surface area contributed by atoms with Gasteiger partial charge >= 0.3 is 0 Å². The van der Waals surface area contributed by atoms with Gasteiger partial charge in [0.1, 0.15) is 0 Å². The summed E-state index contributed by atoms with van der Waals surface area (Å²) in [5.74, 6) is 0. The van der Waals surface area contributed by atoms with Crippen molar-refractivity contribution in [2.45, 2.75) is 46.8 Å². The van der Waals surface area contributed by atoms with Crippen LogP contribution in [0.3, 0.4) is 0 Å². The SMILES string of the molecule is CCn1c(-c2ccc(C)c(C)c2)ccc(C(C)(C)O)c1=O. The lowest BCUT2D eigenvalue weighted by Crippen LogP contribution is -2.32. The van der Waals surface area contributed by atoms with Crippen molar-refractivity contribution in [3.63, 3.8) is 0 Å². The Kier molecular flexibility index (Phi) is 4.06. The summed E-state index contributed by atoms with van der Waals surface area (Å²) >= 11 is 0. The van der Waals surface area contributed by atoms with Crippen LogP contribution in [0.4, 0.5) is 0 Å². The van der Waals surface area contributed by atoms with E-state index in [0.29, 0.717) is 12.1 Å². The van der Waals surface area contributed by atoms with E-state index < -0.39 is 5.60 Å². The fourth-order valence-corrected chi connectivity index (χ4v) is 2.51. The maximum atomic E-state index is 12.6.